The van der Waals surface area contributed by atoms with Crippen molar-refractivity contribution >= 4 is 113 Å². The summed E-state index contributed by atoms with van der Waals surface area (Å²) in [5, 5.41) is 10.3. The smallest absolute Gasteiger partial charge is 0.159 e. The van der Waals surface area contributed by atoms with E-state index in [1.54, 1.807) is 0 Å². The van der Waals surface area contributed by atoms with Gasteiger partial charge in [0.1, 0.15) is 5.58 Å². The molecule has 0 saturated heterocycles. The Morgan fingerprint density at radius 2 is 1.05 bits per heavy atom. The molecule has 3 aromatic heterocycles. The van der Waals surface area contributed by atoms with Gasteiger partial charge in [-0.05, 0) is 65.4 Å². The third kappa shape index (κ3) is 3.41. The Morgan fingerprint density at radius 1 is 0.409 bits per heavy atom. The SMILES string of the molecule is c1ccc(N(c2ccc3c(c2)sc2ccc4c(ccc5sc6ccccc6c54)c23)c2cccc3c2oc2ccccc23)cc1. The minimum absolute atomic E-state index is 0.895. The molecule has 0 aliphatic carbocycles. The van der Waals surface area contributed by atoms with Gasteiger partial charge in [0, 0.05) is 62.5 Å². The Hall–Kier alpha value is -5.16. The number of fused-ring (bicyclic) bond motifs is 12. The molecule has 10 aromatic rings. The molecule has 0 atom stereocenters. The molecule has 0 fully saturated rings. The van der Waals surface area contributed by atoms with E-state index in [0.29, 0.717) is 0 Å². The lowest BCUT2D eigenvalue weighted by molar-refractivity contribution is 0.669. The average Bonchev–Trinajstić information content (AvgIpc) is 3.76. The second kappa shape index (κ2) is 9.17. The molecule has 4 heteroatoms. The summed E-state index contributed by atoms with van der Waals surface area (Å²) in [5.74, 6) is 0. The monoisotopic (exact) mass is 597 g/mol. The highest BCUT2D eigenvalue weighted by Crippen LogP contribution is 2.47. The molecule has 0 bridgehead atoms. The zero-order chi connectivity index (χ0) is 28.8. The number of hydrogen-bond donors (Lipinski definition) is 0. The molecule has 0 unspecified atom stereocenters. The van der Waals surface area contributed by atoms with E-state index in [2.05, 4.69) is 132 Å². The van der Waals surface area contributed by atoms with Gasteiger partial charge in [-0.3, -0.25) is 0 Å². The van der Waals surface area contributed by atoms with Gasteiger partial charge in [-0.2, -0.15) is 0 Å². The molecular formula is C40H23NOS2. The number of nitrogens with zero attached hydrogens (tertiary/aromatic N) is 1. The summed E-state index contributed by atoms with van der Waals surface area (Å²) in [6.07, 6.45) is 0. The molecule has 0 radical (unpaired) electrons. The van der Waals surface area contributed by atoms with Crippen molar-refractivity contribution in [2.75, 3.05) is 4.90 Å². The molecule has 0 N–H and O–H groups in total. The molecule has 3 heterocycles. The number of anilines is 3. The van der Waals surface area contributed by atoms with E-state index in [9.17, 15) is 0 Å². The van der Waals surface area contributed by atoms with E-state index >= 15 is 0 Å². The molecule has 10 rings (SSSR count). The highest BCUT2D eigenvalue weighted by Gasteiger charge is 2.20. The van der Waals surface area contributed by atoms with Gasteiger partial charge in [-0.25, -0.2) is 0 Å². The first-order chi connectivity index (χ1) is 21.8. The van der Waals surface area contributed by atoms with Crippen molar-refractivity contribution in [1.29, 1.82) is 0 Å². The first-order valence-electron chi connectivity index (χ1n) is 14.8. The zero-order valence-corrected chi connectivity index (χ0v) is 25.1. The zero-order valence-electron chi connectivity index (χ0n) is 23.5. The van der Waals surface area contributed by atoms with Crippen LogP contribution >= 0.6 is 22.7 Å². The van der Waals surface area contributed by atoms with Gasteiger partial charge in [0.25, 0.3) is 0 Å². The topological polar surface area (TPSA) is 16.4 Å². The number of thiophene rings is 2. The van der Waals surface area contributed by atoms with Crippen LogP contribution in [0.1, 0.15) is 0 Å². The van der Waals surface area contributed by atoms with Crippen LogP contribution in [0.15, 0.2) is 144 Å². The second-order valence-electron chi connectivity index (χ2n) is 11.3. The Morgan fingerprint density at radius 3 is 1.86 bits per heavy atom. The summed E-state index contributed by atoms with van der Waals surface area (Å²) in [6, 6.07) is 50.3. The number of furan rings is 1. The average molecular weight is 598 g/mol. The molecule has 44 heavy (non-hydrogen) atoms. The third-order valence-electron chi connectivity index (χ3n) is 8.85. The molecule has 206 valence electrons. The lowest BCUT2D eigenvalue weighted by Crippen LogP contribution is -2.09. The van der Waals surface area contributed by atoms with Gasteiger partial charge >= 0.3 is 0 Å². The minimum Gasteiger partial charge on any atom is -0.454 e. The summed E-state index contributed by atoms with van der Waals surface area (Å²) < 4.78 is 11.8. The van der Waals surface area contributed by atoms with Crippen LogP contribution in [-0.2, 0) is 0 Å². The normalized spacial score (nSPS) is 12.1. The van der Waals surface area contributed by atoms with Crippen LogP contribution in [0.25, 0.3) is 73.1 Å². The van der Waals surface area contributed by atoms with Gasteiger partial charge in [-0.15, -0.1) is 22.7 Å². The fourth-order valence-electron chi connectivity index (χ4n) is 6.94. The largest absolute Gasteiger partial charge is 0.454 e. The Kier molecular flexibility index (Phi) is 5.06. The highest BCUT2D eigenvalue weighted by molar-refractivity contribution is 7.26. The van der Waals surface area contributed by atoms with Crippen LogP contribution in [0.3, 0.4) is 0 Å². The van der Waals surface area contributed by atoms with Crippen LogP contribution in [0.4, 0.5) is 17.1 Å². The number of para-hydroxylation sites is 3. The molecule has 0 amide bonds. The Bertz CT molecular complexity index is 2730. The van der Waals surface area contributed by atoms with E-state index in [1.165, 1.54) is 51.1 Å². The molecule has 2 nitrogen and oxygen atoms in total. The predicted molar refractivity (Wildman–Crippen MR) is 192 cm³/mol. The van der Waals surface area contributed by atoms with Crippen molar-refractivity contribution < 1.29 is 4.42 Å². The second-order valence-corrected chi connectivity index (χ2v) is 13.4. The molecule has 0 spiro atoms. The molecule has 7 aromatic carbocycles. The maximum absolute atomic E-state index is 6.51. The maximum Gasteiger partial charge on any atom is 0.159 e. The predicted octanol–water partition coefficient (Wildman–Crippen LogP) is 12.9. The van der Waals surface area contributed by atoms with Crippen LogP contribution < -0.4 is 4.90 Å². The van der Waals surface area contributed by atoms with Crippen LogP contribution in [0.5, 0.6) is 0 Å². The number of benzene rings is 7. The van der Waals surface area contributed by atoms with Gasteiger partial charge < -0.3 is 9.32 Å². The first kappa shape index (κ1) is 24.3. The number of hydrogen-bond acceptors (Lipinski definition) is 4. The molecule has 0 aliphatic heterocycles. The van der Waals surface area contributed by atoms with Gasteiger partial charge in [-0.1, -0.05) is 84.9 Å². The van der Waals surface area contributed by atoms with E-state index in [4.69, 9.17) is 4.42 Å². The third-order valence-corrected chi connectivity index (χ3v) is 11.1. The summed E-state index contributed by atoms with van der Waals surface area (Å²) in [5.41, 5.74) is 5.04. The summed E-state index contributed by atoms with van der Waals surface area (Å²) in [4.78, 5) is 2.33. The van der Waals surface area contributed by atoms with Crippen LogP contribution in [0.2, 0.25) is 0 Å². The van der Waals surface area contributed by atoms with E-state index < -0.39 is 0 Å². The van der Waals surface area contributed by atoms with Crippen LogP contribution in [-0.4, -0.2) is 0 Å². The van der Waals surface area contributed by atoms with Crippen molar-refractivity contribution in [2.24, 2.45) is 0 Å². The summed E-state index contributed by atoms with van der Waals surface area (Å²) >= 11 is 3.75. The van der Waals surface area contributed by atoms with Crippen molar-refractivity contribution in [2.45, 2.75) is 0 Å². The number of rotatable bonds is 3. The minimum atomic E-state index is 0.895. The Labute approximate surface area is 260 Å². The van der Waals surface area contributed by atoms with E-state index in [0.717, 1.165) is 39.0 Å². The van der Waals surface area contributed by atoms with Gasteiger partial charge in [0.05, 0.1) is 5.69 Å². The summed E-state index contributed by atoms with van der Waals surface area (Å²) in [7, 11) is 0. The van der Waals surface area contributed by atoms with Crippen molar-refractivity contribution in [1.82, 2.24) is 0 Å². The van der Waals surface area contributed by atoms with Crippen LogP contribution in [0, 0.1) is 0 Å². The first-order valence-corrected chi connectivity index (χ1v) is 16.4. The van der Waals surface area contributed by atoms with Gasteiger partial charge in [0.15, 0.2) is 5.58 Å². The molecular weight excluding hydrogens is 575 g/mol. The molecule has 0 saturated carbocycles. The standard InChI is InChI=1S/C40H23NOS2/c1-2-9-24(10-3-1)41(32-14-8-13-29-26-11-4-6-15-33(26)42-40(29)32)25-17-18-31-37(23-25)44-36-22-20-27-28(39(31)36)19-21-35-38(27)30-12-5-7-16-34(30)43-35/h1-23H. The van der Waals surface area contributed by atoms with Crippen molar-refractivity contribution in [3.8, 4) is 0 Å². The molecule has 0 aliphatic rings. The van der Waals surface area contributed by atoms with Crippen molar-refractivity contribution in [3.05, 3.63) is 140 Å². The van der Waals surface area contributed by atoms with E-state index in [-0.39, 0.29) is 0 Å². The maximum atomic E-state index is 6.51. The quantitative estimate of drug-likeness (QED) is 0.201. The highest BCUT2D eigenvalue weighted by atomic mass is 32.1. The van der Waals surface area contributed by atoms with Crippen molar-refractivity contribution in [3.63, 3.8) is 0 Å². The van der Waals surface area contributed by atoms with E-state index in [1.807, 2.05) is 34.8 Å². The lowest BCUT2D eigenvalue weighted by atomic mass is 9.99. The Balaban J connectivity index is 1.22. The summed E-state index contributed by atoms with van der Waals surface area (Å²) in [6.45, 7) is 0. The fraction of sp³-hybridized carbons (Fsp3) is 0. The van der Waals surface area contributed by atoms with Gasteiger partial charge in [0.2, 0.25) is 0 Å². The fourth-order valence-corrected chi connectivity index (χ4v) is 9.22. The lowest BCUT2D eigenvalue weighted by Gasteiger charge is -2.25.